The normalized spacial score (nSPS) is 23.4. The summed E-state index contributed by atoms with van der Waals surface area (Å²) in [6.45, 7) is 0.999. The molecule has 120 valence electrons. The second kappa shape index (κ2) is 6.13. The van der Waals surface area contributed by atoms with E-state index in [9.17, 15) is 23.1 Å². The molecule has 1 aromatic carbocycles. The Kier molecular flexibility index (Phi) is 4.61. The summed E-state index contributed by atoms with van der Waals surface area (Å²) in [6.07, 6.45) is -5.31. The van der Waals surface area contributed by atoms with E-state index in [-0.39, 0.29) is 4.90 Å². The van der Waals surface area contributed by atoms with Crippen molar-refractivity contribution in [2.75, 3.05) is 6.61 Å². The van der Waals surface area contributed by atoms with Gasteiger partial charge in [-0.1, -0.05) is 17.7 Å². The maximum Gasteiger partial charge on any atom is 0.343 e. The number of ether oxygens (including phenoxy) is 1. The number of aliphatic hydroxyl groups excluding tert-OH is 2. The molecule has 22 heavy (non-hydrogen) atoms. The molecule has 0 bridgehead atoms. The zero-order valence-electron chi connectivity index (χ0n) is 11.5. The molecule has 1 aliphatic rings. The van der Waals surface area contributed by atoms with E-state index in [4.69, 9.17) is 5.11 Å². The van der Waals surface area contributed by atoms with Gasteiger partial charge in [-0.25, -0.2) is 4.79 Å². The van der Waals surface area contributed by atoms with Crippen LogP contribution < -0.4 is 0 Å². The van der Waals surface area contributed by atoms with Gasteiger partial charge >= 0.3 is 5.97 Å². The lowest BCUT2D eigenvalue weighted by molar-refractivity contribution is -0.151. The summed E-state index contributed by atoms with van der Waals surface area (Å²) in [7, 11) is -4.12. The maximum absolute atomic E-state index is 11.9. The monoisotopic (exact) mass is 330 g/mol. The van der Waals surface area contributed by atoms with Crippen LogP contribution in [0.15, 0.2) is 29.2 Å². The Labute approximate surface area is 126 Å². The topological polar surface area (TPSA) is 127 Å². The van der Waals surface area contributed by atoms with Gasteiger partial charge in [-0.15, -0.1) is 0 Å². The molecular formula is C13H14O8S. The van der Waals surface area contributed by atoms with E-state index in [1.165, 1.54) is 12.1 Å². The number of aryl methyl sites for hydroxylation is 1. The van der Waals surface area contributed by atoms with Crippen molar-refractivity contribution >= 4 is 21.9 Å². The fraction of sp³-hybridized carbons (Fsp3) is 0.385. The highest BCUT2D eigenvalue weighted by Gasteiger charge is 2.46. The first-order valence-electron chi connectivity index (χ1n) is 6.29. The summed E-state index contributed by atoms with van der Waals surface area (Å²) in [4.78, 5) is 22.3. The first kappa shape index (κ1) is 16.6. The van der Waals surface area contributed by atoms with Gasteiger partial charge < -0.3 is 14.9 Å². The molecule has 0 spiro atoms. The third kappa shape index (κ3) is 3.33. The second-order valence-electron chi connectivity index (χ2n) is 4.78. The van der Waals surface area contributed by atoms with Crippen molar-refractivity contribution in [3.63, 3.8) is 0 Å². The van der Waals surface area contributed by atoms with Crippen molar-refractivity contribution in [1.82, 2.24) is 0 Å². The lowest BCUT2D eigenvalue weighted by Crippen LogP contribution is -2.38. The summed E-state index contributed by atoms with van der Waals surface area (Å²) in [5.41, 5.74) is 0.858. The first-order chi connectivity index (χ1) is 10.2. The molecule has 1 saturated heterocycles. The minimum absolute atomic E-state index is 0.111. The Morgan fingerprint density at radius 2 is 1.86 bits per heavy atom. The van der Waals surface area contributed by atoms with E-state index in [1.54, 1.807) is 19.1 Å². The van der Waals surface area contributed by atoms with Crippen molar-refractivity contribution in [2.45, 2.75) is 30.1 Å². The summed E-state index contributed by atoms with van der Waals surface area (Å²) in [5.74, 6) is -2.22. The number of carbonyl (C=O) groups excluding carboxylic acids is 2. The molecule has 0 aliphatic carbocycles. The van der Waals surface area contributed by atoms with Crippen LogP contribution >= 0.6 is 0 Å². The quantitative estimate of drug-likeness (QED) is 0.396. The molecule has 1 fully saturated rings. The molecule has 0 amide bonds. The van der Waals surface area contributed by atoms with E-state index in [0.29, 0.717) is 0 Å². The van der Waals surface area contributed by atoms with Crippen LogP contribution in [0.5, 0.6) is 0 Å². The second-order valence-corrected chi connectivity index (χ2v) is 6.40. The highest BCUT2D eigenvalue weighted by atomic mass is 32.2. The highest BCUT2D eigenvalue weighted by molar-refractivity contribution is 7.86. The molecule has 2 rings (SSSR count). The molecule has 1 unspecified atom stereocenters. The Bertz CT molecular complexity index is 678. The number of rotatable bonds is 5. The van der Waals surface area contributed by atoms with Crippen molar-refractivity contribution in [3.8, 4) is 0 Å². The number of benzene rings is 1. The van der Waals surface area contributed by atoms with Gasteiger partial charge in [-0.3, -0.25) is 8.98 Å². The lowest BCUT2D eigenvalue weighted by atomic mass is 10.1. The third-order valence-corrected chi connectivity index (χ3v) is 4.37. The zero-order valence-corrected chi connectivity index (χ0v) is 12.3. The van der Waals surface area contributed by atoms with Crippen LogP contribution in [-0.4, -0.2) is 55.3 Å². The predicted octanol–water partition coefficient (Wildman–Crippen LogP) is -1.08. The van der Waals surface area contributed by atoms with Gasteiger partial charge in [0.25, 0.3) is 10.1 Å². The molecule has 8 nitrogen and oxygen atoms in total. The molecule has 1 heterocycles. The smallest absolute Gasteiger partial charge is 0.343 e. The molecule has 3 atom stereocenters. The number of hydrogen-bond acceptors (Lipinski definition) is 8. The zero-order chi connectivity index (χ0) is 16.5. The highest BCUT2D eigenvalue weighted by Crippen LogP contribution is 2.18. The summed E-state index contributed by atoms with van der Waals surface area (Å²) in [6, 6.07) is 5.82. The van der Waals surface area contributed by atoms with Crippen molar-refractivity contribution < 1.29 is 37.1 Å². The number of hydrogen-bond donors (Lipinski definition) is 2. The summed E-state index contributed by atoms with van der Waals surface area (Å²) < 4.78 is 32.9. The van der Waals surface area contributed by atoms with E-state index >= 15 is 0 Å². The number of Topliss-reactive ketones (excluding diaryl/α,β-unsaturated/α-hetero) is 1. The molecular weight excluding hydrogens is 316 g/mol. The van der Waals surface area contributed by atoms with E-state index in [0.717, 1.165) is 5.56 Å². The maximum atomic E-state index is 11.9. The fourth-order valence-electron chi connectivity index (χ4n) is 1.81. The average Bonchev–Trinajstić information content (AvgIpc) is 2.73. The molecule has 9 heteroatoms. The largest absolute Gasteiger partial charge is 0.449 e. The number of aliphatic hydroxyl groups is 2. The van der Waals surface area contributed by atoms with Gasteiger partial charge in [0.05, 0.1) is 11.5 Å². The molecule has 1 aliphatic heterocycles. The van der Waals surface area contributed by atoms with Crippen LogP contribution in [0.1, 0.15) is 5.56 Å². The SMILES string of the molecule is Cc1ccc(S(=O)(=O)OC[C@H](O)[C@H]2OC(=O)C(O)C2=O)cc1. The van der Waals surface area contributed by atoms with Gasteiger partial charge in [0.2, 0.25) is 11.9 Å². The van der Waals surface area contributed by atoms with E-state index in [1.807, 2.05) is 0 Å². The van der Waals surface area contributed by atoms with Crippen LogP contribution in [0.25, 0.3) is 0 Å². The average molecular weight is 330 g/mol. The van der Waals surface area contributed by atoms with E-state index < -0.39 is 46.8 Å². The van der Waals surface area contributed by atoms with Crippen LogP contribution in [0, 0.1) is 6.92 Å². The predicted molar refractivity (Wildman–Crippen MR) is 71.2 cm³/mol. The standard InChI is InChI=1S/C13H14O8S/c1-7-2-4-8(5-3-7)22(18,19)20-6-9(14)12-10(15)11(16)13(17)21-12/h2-5,9,11-12,14,16H,6H2,1H3/t9-,11?,12+/m0/s1. The summed E-state index contributed by atoms with van der Waals surface area (Å²) in [5, 5.41) is 18.8. The minimum Gasteiger partial charge on any atom is -0.449 e. The lowest BCUT2D eigenvalue weighted by Gasteiger charge is -2.15. The van der Waals surface area contributed by atoms with E-state index in [2.05, 4.69) is 8.92 Å². The number of esters is 1. The first-order valence-corrected chi connectivity index (χ1v) is 7.69. The Morgan fingerprint density at radius 1 is 1.27 bits per heavy atom. The number of ketones is 1. The van der Waals surface area contributed by atoms with Crippen LogP contribution in [0.3, 0.4) is 0 Å². The molecule has 0 saturated carbocycles. The molecule has 0 radical (unpaired) electrons. The van der Waals surface area contributed by atoms with Gasteiger partial charge in [0.15, 0.2) is 6.10 Å². The van der Waals surface area contributed by atoms with Crippen molar-refractivity contribution in [2.24, 2.45) is 0 Å². The Morgan fingerprint density at radius 3 is 2.36 bits per heavy atom. The fourth-order valence-corrected chi connectivity index (χ4v) is 2.73. The Hall–Kier alpha value is -1.81. The van der Waals surface area contributed by atoms with Gasteiger partial charge in [0, 0.05) is 0 Å². The molecule has 0 aromatic heterocycles. The third-order valence-electron chi connectivity index (χ3n) is 3.07. The van der Waals surface area contributed by atoms with Gasteiger partial charge in [-0.05, 0) is 19.1 Å². The van der Waals surface area contributed by atoms with Crippen LogP contribution in [-0.2, 0) is 28.6 Å². The molecule has 1 aromatic rings. The minimum atomic E-state index is -4.12. The molecule has 2 N–H and O–H groups in total. The van der Waals surface area contributed by atoms with Gasteiger partial charge in [-0.2, -0.15) is 8.42 Å². The van der Waals surface area contributed by atoms with Crippen molar-refractivity contribution in [3.05, 3.63) is 29.8 Å². The number of carbonyl (C=O) groups is 2. The van der Waals surface area contributed by atoms with Gasteiger partial charge in [0.1, 0.15) is 6.10 Å². The Balaban J connectivity index is 2.01. The van der Waals surface area contributed by atoms with Crippen LogP contribution in [0.2, 0.25) is 0 Å². The van der Waals surface area contributed by atoms with Crippen molar-refractivity contribution in [1.29, 1.82) is 0 Å². The summed E-state index contributed by atoms with van der Waals surface area (Å²) >= 11 is 0. The van der Waals surface area contributed by atoms with Crippen LogP contribution in [0.4, 0.5) is 0 Å². The number of cyclic esters (lactones) is 1.